The molecule has 2 N–H and O–H groups in total. The van der Waals surface area contributed by atoms with E-state index in [1.165, 1.54) is 12.8 Å². The molecule has 0 bridgehead atoms. The highest BCUT2D eigenvalue weighted by molar-refractivity contribution is 7.13. The molecule has 1 saturated carbocycles. The molecule has 1 aliphatic rings. The summed E-state index contributed by atoms with van der Waals surface area (Å²) in [7, 11) is 2.11. The van der Waals surface area contributed by atoms with Crippen molar-refractivity contribution in [2.75, 3.05) is 18.5 Å². The van der Waals surface area contributed by atoms with E-state index >= 15 is 0 Å². The van der Waals surface area contributed by atoms with E-state index in [0.29, 0.717) is 6.04 Å². The third-order valence-electron chi connectivity index (χ3n) is 2.74. The van der Waals surface area contributed by atoms with Crippen molar-refractivity contribution in [1.29, 1.82) is 0 Å². The standard InChI is InChI=1S/C10H17N3S/c1-7-6-14-10(12-7)13(2)5-8-3-9(11)4-8/h6,8-9H,3-5,11H2,1-2H3. The zero-order valence-electron chi connectivity index (χ0n) is 8.73. The third kappa shape index (κ3) is 2.07. The van der Waals surface area contributed by atoms with Gasteiger partial charge in [-0.3, -0.25) is 0 Å². The Balaban J connectivity index is 1.86. The van der Waals surface area contributed by atoms with Gasteiger partial charge in [0.25, 0.3) is 0 Å². The van der Waals surface area contributed by atoms with E-state index in [9.17, 15) is 0 Å². The fourth-order valence-corrected chi connectivity index (χ4v) is 2.70. The van der Waals surface area contributed by atoms with Crippen LogP contribution < -0.4 is 10.6 Å². The first kappa shape index (κ1) is 9.93. The Hall–Kier alpha value is -0.610. The van der Waals surface area contributed by atoms with Crippen LogP contribution in [0.5, 0.6) is 0 Å². The van der Waals surface area contributed by atoms with E-state index in [1.807, 2.05) is 6.92 Å². The Morgan fingerprint density at radius 1 is 1.64 bits per heavy atom. The number of anilines is 1. The van der Waals surface area contributed by atoms with Crippen molar-refractivity contribution in [2.24, 2.45) is 11.7 Å². The van der Waals surface area contributed by atoms with Gasteiger partial charge in [-0.15, -0.1) is 11.3 Å². The van der Waals surface area contributed by atoms with Gasteiger partial charge in [0, 0.05) is 25.0 Å². The van der Waals surface area contributed by atoms with E-state index in [2.05, 4.69) is 22.3 Å². The smallest absolute Gasteiger partial charge is 0.185 e. The first-order valence-corrected chi connectivity index (χ1v) is 5.92. The minimum absolute atomic E-state index is 0.450. The number of nitrogens with zero attached hydrogens (tertiary/aromatic N) is 2. The third-order valence-corrected chi connectivity index (χ3v) is 3.81. The van der Waals surface area contributed by atoms with Gasteiger partial charge in [-0.25, -0.2) is 4.98 Å². The average Bonchev–Trinajstić information content (AvgIpc) is 2.49. The van der Waals surface area contributed by atoms with E-state index in [0.717, 1.165) is 23.3 Å². The summed E-state index contributed by atoms with van der Waals surface area (Å²) in [6, 6.07) is 0.450. The van der Waals surface area contributed by atoms with E-state index in [4.69, 9.17) is 5.73 Å². The topological polar surface area (TPSA) is 42.1 Å². The molecule has 1 fully saturated rings. The lowest BCUT2D eigenvalue weighted by Gasteiger charge is -2.35. The Morgan fingerprint density at radius 2 is 2.36 bits per heavy atom. The van der Waals surface area contributed by atoms with Crippen LogP contribution in [0.1, 0.15) is 18.5 Å². The number of rotatable bonds is 3. The molecule has 0 aromatic carbocycles. The van der Waals surface area contributed by atoms with Crippen molar-refractivity contribution >= 4 is 16.5 Å². The molecule has 3 nitrogen and oxygen atoms in total. The van der Waals surface area contributed by atoms with Gasteiger partial charge in [0.2, 0.25) is 0 Å². The van der Waals surface area contributed by atoms with Gasteiger partial charge in [0.1, 0.15) is 0 Å². The van der Waals surface area contributed by atoms with Crippen molar-refractivity contribution in [3.8, 4) is 0 Å². The molecule has 14 heavy (non-hydrogen) atoms. The van der Waals surface area contributed by atoms with Crippen molar-refractivity contribution in [2.45, 2.75) is 25.8 Å². The van der Waals surface area contributed by atoms with Crippen molar-refractivity contribution in [3.05, 3.63) is 11.1 Å². The molecule has 0 aliphatic heterocycles. The number of nitrogens with two attached hydrogens (primary N) is 1. The zero-order valence-corrected chi connectivity index (χ0v) is 9.55. The van der Waals surface area contributed by atoms with Gasteiger partial charge < -0.3 is 10.6 Å². The zero-order chi connectivity index (χ0) is 10.1. The number of hydrogen-bond acceptors (Lipinski definition) is 4. The molecular weight excluding hydrogens is 194 g/mol. The summed E-state index contributed by atoms with van der Waals surface area (Å²) in [6.45, 7) is 3.13. The van der Waals surface area contributed by atoms with Gasteiger partial charge in [-0.05, 0) is 25.7 Å². The highest BCUT2D eigenvalue weighted by atomic mass is 32.1. The lowest BCUT2D eigenvalue weighted by Crippen LogP contribution is -2.41. The van der Waals surface area contributed by atoms with Gasteiger partial charge in [0.15, 0.2) is 5.13 Å². The molecule has 1 heterocycles. The minimum Gasteiger partial charge on any atom is -0.351 e. The molecule has 2 rings (SSSR count). The van der Waals surface area contributed by atoms with Crippen molar-refractivity contribution < 1.29 is 0 Å². The van der Waals surface area contributed by atoms with Crippen LogP contribution in [-0.4, -0.2) is 24.6 Å². The Kier molecular flexibility index (Phi) is 2.74. The van der Waals surface area contributed by atoms with Gasteiger partial charge in [-0.2, -0.15) is 0 Å². The lowest BCUT2D eigenvalue weighted by atomic mass is 9.81. The fourth-order valence-electron chi connectivity index (χ4n) is 1.92. The monoisotopic (exact) mass is 211 g/mol. The number of aryl methyl sites for hydroxylation is 1. The predicted octanol–water partition coefficient (Wildman–Crippen LogP) is 1.63. The van der Waals surface area contributed by atoms with E-state index in [-0.39, 0.29) is 0 Å². The predicted molar refractivity (Wildman–Crippen MR) is 60.8 cm³/mol. The molecule has 0 saturated heterocycles. The van der Waals surface area contributed by atoms with Crippen molar-refractivity contribution in [1.82, 2.24) is 4.98 Å². The highest BCUT2D eigenvalue weighted by Crippen LogP contribution is 2.28. The maximum atomic E-state index is 5.76. The maximum Gasteiger partial charge on any atom is 0.185 e. The molecule has 0 amide bonds. The maximum absolute atomic E-state index is 5.76. The second-order valence-electron chi connectivity index (χ2n) is 4.25. The number of thiazole rings is 1. The van der Waals surface area contributed by atoms with Crippen LogP contribution >= 0.6 is 11.3 Å². The number of hydrogen-bond donors (Lipinski definition) is 1. The first-order valence-electron chi connectivity index (χ1n) is 5.04. The molecule has 78 valence electrons. The second-order valence-corrected chi connectivity index (χ2v) is 5.09. The molecular formula is C10H17N3S. The normalized spacial score (nSPS) is 25.9. The molecule has 1 aromatic heterocycles. The Bertz CT molecular complexity index is 304. The summed E-state index contributed by atoms with van der Waals surface area (Å²) in [5.41, 5.74) is 6.87. The van der Waals surface area contributed by atoms with Crippen LogP contribution in [0.4, 0.5) is 5.13 Å². The SMILES string of the molecule is Cc1csc(N(C)CC2CC(N)C2)n1. The second kappa shape index (κ2) is 3.87. The number of aromatic nitrogens is 1. The summed E-state index contributed by atoms with van der Waals surface area (Å²) in [5.74, 6) is 0.777. The van der Waals surface area contributed by atoms with Crippen LogP contribution in [0.2, 0.25) is 0 Å². The summed E-state index contributed by atoms with van der Waals surface area (Å²) in [4.78, 5) is 6.70. The summed E-state index contributed by atoms with van der Waals surface area (Å²) >= 11 is 1.72. The van der Waals surface area contributed by atoms with Crippen LogP contribution in [0, 0.1) is 12.8 Å². The van der Waals surface area contributed by atoms with Gasteiger partial charge >= 0.3 is 0 Å². The summed E-state index contributed by atoms with van der Waals surface area (Å²) in [5, 5.41) is 3.22. The van der Waals surface area contributed by atoms with Crippen molar-refractivity contribution in [3.63, 3.8) is 0 Å². The Labute approximate surface area is 88.9 Å². The molecule has 0 unspecified atom stereocenters. The first-order chi connectivity index (χ1) is 6.65. The average molecular weight is 211 g/mol. The van der Waals surface area contributed by atoms with Crippen LogP contribution in [0.25, 0.3) is 0 Å². The van der Waals surface area contributed by atoms with Gasteiger partial charge in [-0.1, -0.05) is 0 Å². The fraction of sp³-hybridized carbons (Fsp3) is 0.700. The van der Waals surface area contributed by atoms with E-state index in [1.54, 1.807) is 11.3 Å². The van der Waals surface area contributed by atoms with E-state index < -0.39 is 0 Å². The minimum atomic E-state index is 0.450. The molecule has 1 aromatic rings. The summed E-state index contributed by atoms with van der Waals surface area (Å²) < 4.78 is 0. The Morgan fingerprint density at radius 3 is 2.86 bits per heavy atom. The highest BCUT2D eigenvalue weighted by Gasteiger charge is 2.27. The quantitative estimate of drug-likeness (QED) is 0.826. The molecule has 0 spiro atoms. The molecule has 4 heteroatoms. The van der Waals surface area contributed by atoms with Crippen LogP contribution in [-0.2, 0) is 0 Å². The van der Waals surface area contributed by atoms with Crippen LogP contribution in [0.15, 0.2) is 5.38 Å². The summed E-state index contributed by atoms with van der Waals surface area (Å²) in [6.07, 6.45) is 2.35. The molecule has 0 radical (unpaired) electrons. The lowest BCUT2D eigenvalue weighted by molar-refractivity contribution is 0.271. The molecule has 0 atom stereocenters. The van der Waals surface area contributed by atoms with Crippen LogP contribution in [0.3, 0.4) is 0 Å². The molecule has 1 aliphatic carbocycles. The van der Waals surface area contributed by atoms with Gasteiger partial charge in [0.05, 0.1) is 5.69 Å². The largest absolute Gasteiger partial charge is 0.351 e.